The van der Waals surface area contributed by atoms with Gasteiger partial charge in [-0.3, -0.25) is 14.4 Å². The number of hydroxylamine groups is 2. The Labute approximate surface area is 320 Å². The fourth-order valence-electron chi connectivity index (χ4n) is 9.77. The van der Waals surface area contributed by atoms with Crippen LogP contribution < -0.4 is 24.8 Å². The predicted molar refractivity (Wildman–Crippen MR) is 206 cm³/mol. The molecule has 1 saturated heterocycles. The summed E-state index contributed by atoms with van der Waals surface area (Å²) in [6.45, 7) is 15.5. The van der Waals surface area contributed by atoms with Crippen LogP contribution in [0.2, 0.25) is 0 Å². The van der Waals surface area contributed by atoms with Crippen molar-refractivity contribution in [1.82, 2.24) is 20.6 Å². The first-order chi connectivity index (χ1) is 25.4. The molecular weight excluding hydrogens is 688 g/mol. The number of nitrogens with zero attached hydrogens (tertiary/aromatic N) is 2. The lowest BCUT2D eigenvalue weighted by atomic mass is 9.45. The highest BCUT2D eigenvalue weighted by molar-refractivity contribution is 6.00. The lowest BCUT2D eigenvalue weighted by molar-refractivity contribution is -0.183. The summed E-state index contributed by atoms with van der Waals surface area (Å²) in [5, 5.41) is 29.5. The summed E-state index contributed by atoms with van der Waals surface area (Å²) >= 11 is 0. The van der Waals surface area contributed by atoms with Gasteiger partial charge in [-0.15, -0.1) is 0 Å². The molecule has 2 heterocycles. The van der Waals surface area contributed by atoms with Crippen LogP contribution in [0.1, 0.15) is 83.7 Å². The largest absolute Gasteiger partial charge is 0.496 e. The van der Waals surface area contributed by atoms with E-state index in [0.717, 1.165) is 18.4 Å². The molecule has 0 spiro atoms. The van der Waals surface area contributed by atoms with Gasteiger partial charge in [0.2, 0.25) is 12.7 Å². The Morgan fingerprint density at radius 1 is 1.15 bits per heavy atom. The summed E-state index contributed by atoms with van der Waals surface area (Å²) in [6, 6.07) is 8.45. The molecule has 54 heavy (non-hydrogen) atoms. The van der Waals surface area contributed by atoms with E-state index in [9.17, 15) is 19.8 Å². The highest BCUT2D eigenvalue weighted by Crippen LogP contribution is 2.61. The molecule has 3 saturated carbocycles. The van der Waals surface area contributed by atoms with Crippen molar-refractivity contribution in [2.24, 2.45) is 34.5 Å². The molecule has 4 fully saturated rings. The highest BCUT2D eigenvalue weighted by Gasteiger charge is 2.57. The van der Waals surface area contributed by atoms with E-state index in [1.54, 1.807) is 25.2 Å². The molecule has 2 aliphatic heterocycles. The van der Waals surface area contributed by atoms with E-state index in [-0.39, 0.29) is 54.7 Å². The molecule has 2 aromatic carbocycles. The quantitative estimate of drug-likeness (QED) is 0.225. The monoisotopic (exact) mass is 750 g/mol. The van der Waals surface area contributed by atoms with Crippen LogP contribution in [0.3, 0.4) is 0 Å². The number of nitrogens with one attached hydrogen (secondary N) is 2. The van der Waals surface area contributed by atoms with E-state index in [2.05, 4.69) is 57.1 Å². The van der Waals surface area contributed by atoms with Gasteiger partial charge in [-0.1, -0.05) is 59.7 Å². The second kappa shape index (κ2) is 15.6. The minimum Gasteiger partial charge on any atom is -0.496 e. The Morgan fingerprint density at radius 2 is 1.89 bits per heavy atom. The summed E-state index contributed by atoms with van der Waals surface area (Å²) in [4.78, 5) is 36.6. The summed E-state index contributed by atoms with van der Waals surface area (Å²) in [6.07, 6.45) is 1.23. The van der Waals surface area contributed by atoms with Crippen LogP contribution in [0.4, 0.5) is 0 Å². The second-order valence-electron chi connectivity index (χ2n) is 18.2. The molecule has 298 valence electrons. The molecule has 0 radical (unpaired) electrons. The van der Waals surface area contributed by atoms with Gasteiger partial charge in [0, 0.05) is 35.7 Å². The van der Waals surface area contributed by atoms with Crippen LogP contribution in [0.25, 0.3) is 11.1 Å². The third-order valence-electron chi connectivity index (χ3n) is 12.5. The number of hydrogen-bond donors (Lipinski definition) is 4. The predicted octanol–water partition coefficient (Wildman–Crippen LogP) is 4.85. The van der Waals surface area contributed by atoms with Gasteiger partial charge in [0.15, 0.2) is 11.5 Å². The van der Waals surface area contributed by atoms with Gasteiger partial charge >= 0.3 is 0 Å². The smallest absolute Gasteiger partial charge is 0.255 e. The SMILES string of the molecule is COc1c(CN2O[C@@H](CO)[C@@H]([C@H](C)O)[C@H]2C(=O)NC2C[C@H]3C[C@@H]([C@@H]2C)C3(C)C)cccc1-c1cc2c(c(C(=O)N[C@H](CN(C)C)CC(C)(C)C)c1)OCO2. The number of hydrogen-bond acceptors (Lipinski definition) is 10. The third-order valence-corrected chi connectivity index (χ3v) is 12.5. The van der Waals surface area contributed by atoms with Gasteiger partial charge in [-0.05, 0) is 86.6 Å². The number of carbonyl (C=O) groups excluding carboxylic acids is 2. The Kier molecular flexibility index (Phi) is 11.6. The molecule has 5 aliphatic rings. The van der Waals surface area contributed by atoms with Crippen molar-refractivity contribution in [2.75, 3.05) is 41.1 Å². The molecule has 1 unspecified atom stereocenters. The molecule has 3 aliphatic carbocycles. The zero-order valence-electron chi connectivity index (χ0n) is 33.8. The first-order valence-corrected chi connectivity index (χ1v) is 19.5. The highest BCUT2D eigenvalue weighted by atomic mass is 16.7. The zero-order chi connectivity index (χ0) is 39.3. The summed E-state index contributed by atoms with van der Waals surface area (Å²) in [5.41, 5.74) is 2.78. The lowest BCUT2D eigenvalue weighted by Crippen LogP contribution is -2.62. The molecule has 2 amide bonds. The van der Waals surface area contributed by atoms with Crippen LogP contribution in [0.5, 0.6) is 17.2 Å². The molecule has 7 rings (SSSR count). The third kappa shape index (κ3) is 7.95. The fraction of sp³-hybridized carbons (Fsp3) is 0.667. The van der Waals surface area contributed by atoms with Gasteiger partial charge in [-0.25, -0.2) is 0 Å². The van der Waals surface area contributed by atoms with E-state index in [0.29, 0.717) is 58.2 Å². The number of ether oxygens (including phenoxy) is 3. The van der Waals surface area contributed by atoms with Crippen molar-refractivity contribution in [2.45, 2.75) is 105 Å². The number of rotatable bonds is 13. The van der Waals surface area contributed by atoms with E-state index in [1.807, 2.05) is 38.4 Å². The molecule has 0 aromatic heterocycles. The maximum atomic E-state index is 14.3. The average Bonchev–Trinajstić information content (AvgIpc) is 3.72. The van der Waals surface area contributed by atoms with Crippen molar-refractivity contribution in [3.8, 4) is 28.4 Å². The van der Waals surface area contributed by atoms with Crippen LogP contribution in [0, 0.1) is 34.5 Å². The molecule has 12 nitrogen and oxygen atoms in total. The van der Waals surface area contributed by atoms with Gasteiger partial charge in [0.1, 0.15) is 17.9 Å². The Morgan fingerprint density at radius 3 is 2.50 bits per heavy atom. The maximum Gasteiger partial charge on any atom is 0.255 e. The molecule has 9 atom stereocenters. The Hall–Kier alpha value is -3.42. The van der Waals surface area contributed by atoms with Gasteiger partial charge < -0.3 is 40.0 Å². The van der Waals surface area contributed by atoms with Crippen LogP contribution in [-0.4, -0.2) is 103 Å². The van der Waals surface area contributed by atoms with Crippen molar-refractivity contribution in [1.29, 1.82) is 0 Å². The van der Waals surface area contributed by atoms with Gasteiger partial charge in [0.05, 0.1) is 31.9 Å². The van der Waals surface area contributed by atoms with Gasteiger partial charge in [-0.2, -0.15) is 5.06 Å². The summed E-state index contributed by atoms with van der Waals surface area (Å²) in [7, 11) is 5.57. The summed E-state index contributed by atoms with van der Waals surface area (Å²) in [5.74, 6) is 1.72. The number of likely N-dealkylation sites (N-methyl/N-ethyl adjacent to an activating group) is 1. The summed E-state index contributed by atoms with van der Waals surface area (Å²) < 4.78 is 17.7. The van der Waals surface area contributed by atoms with Gasteiger partial charge in [0.25, 0.3) is 5.91 Å². The fourth-order valence-corrected chi connectivity index (χ4v) is 9.77. The van der Waals surface area contributed by atoms with Crippen LogP contribution in [0.15, 0.2) is 30.3 Å². The number of amides is 2. The first kappa shape index (κ1) is 40.2. The minimum absolute atomic E-state index is 0.00212. The molecule has 12 heteroatoms. The first-order valence-electron chi connectivity index (χ1n) is 19.5. The standard InChI is InChI=1S/C42H62N4O8/c1-23-31-16-27(42(31,6)7)17-32(23)44-40(50)36-35(24(2)48)34(21-47)54-46(36)19-25-12-11-13-29(37(25)51-10)26-14-30(38-33(15-26)52-22-53-38)39(49)43-28(20-45(8)9)18-41(3,4)5/h11-15,23-24,27-28,31-32,34-36,47-48H,16-22H2,1-10H3,(H,43,49)(H,44,50)/t23-,24-,27+,28-,31-,32?,34-,35+,36-/m0/s1. The Balaban J connectivity index is 1.29. The van der Waals surface area contributed by atoms with Crippen molar-refractivity contribution >= 4 is 11.8 Å². The minimum atomic E-state index is -0.911. The van der Waals surface area contributed by atoms with Crippen LogP contribution in [-0.2, 0) is 16.2 Å². The van der Waals surface area contributed by atoms with E-state index in [4.69, 9.17) is 19.0 Å². The number of methoxy groups -OCH3 is 1. The average molecular weight is 751 g/mol. The molecule has 2 bridgehead atoms. The molecular formula is C42H62N4O8. The molecule has 2 aromatic rings. The number of para-hydroxylation sites is 1. The topological polar surface area (TPSA) is 142 Å². The lowest BCUT2D eigenvalue weighted by Gasteiger charge is -2.62. The van der Waals surface area contributed by atoms with Crippen molar-refractivity contribution < 1.29 is 38.9 Å². The van der Waals surface area contributed by atoms with E-state index >= 15 is 0 Å². The Bertz CT molecular complexity index is 1690. The number of aliphatic hydroxyl groups is 2. The second-order valence-corrected chi connectivity index (χ2v) is 18.2. The molecule has 4 N–H and O–H groups in total. The number of benzene rings is 2. The number of carbonyl (C=O) groups is 2. The van der Waals surface area contributed by atoms with E-state index < -0.39 is 24.2 Å². The maximum absolute atomic E-state index is 14.3. The number of aliphatic hydroxyl groups excluding tert-OH is 2. The van der Waals surface area contributed by atoms with Crippen molar-refractivity contribution in [3.63, 3.8) is 0 Å². The van der Waals surface area contributed by atoms with Crippen LogP contribution >= 0.6 is 0 Å². The van der Waals surface area contributed by atoms with E-state index in [1.165, 1.54) is 6.42 Å². The zero-order valence-corrected chi connectivity index (χ0v) is 33.8. The normalized spacial score (nSPS) is 28.4. The number of fused-ring (bicyclic) bond motifs is 3. The van der Waals surface area contributed by atoms with Crippen molar-refractivity contribution in [3.05, 3.63) is 41.5 Å².